The molecule has 0 aliphatic carbocycles. The molecule has 0 unspecified atom stereocenters. The average Bonchev–Trinajstić information content (AvgIpc) is 2.48. The molecule has 0 aliphatic heterocycles. The standard InChI is InChI=1S/C12H9ClO3S/c13-10-6-8-11(9-7-10)16-17(14,15)12-4-2-1-3-5-12/h1-9H/i6D,7D,8D,9D. The minimum absolute atomic E-state index is 0.156. The van der Waals surface area contributed by atoms with Gasteiger partial charge >= 0.3 is 10.1 Å². The fourth-order valence-electron chi connectivity index (χ4n) is 1.07. The van der Waals surface area contributed by atoms with Crippen molar-refractivity contribution in [2.45, 2.75) is 4.90 Å². The first-order valence-corrected chi connectivity index (χ1v) is 6.29. The Morgan fingerprint density at radius 3 is 2.24 bits per heavy atom. The fraction of sp³-hybridized carbons (Fsp3) is 0. The molecule has 0 aromatic heterocycles. The Morgan fingerprint density at radius 1 is 1.06 bits per heavy atom. The van der Waals surface area contributed by atoms with Crippen LogP contribution in [0.4, 0.5) is 0 Å². The van der Waals surface area contributed by atoms with Crippen molar-refractivity contribution in [1.29, 1.82) is 0 Å². The van der Waals surface area contributed by atoms with Gasteiger partial charge in [-0.05, 0) is 36.3 Å². The second kappa shape index (κ2) is 4.77. The van der Waals surface area contributed by atoms with Crippen LogP contribution in [-0.2, 0) is 10.1 Å². The highest BCUT2D eigenvalue weighted by Crippen LogP contribution is 2.20. The maximum atomic E-state index is 12.1. The highest BCUT2D eigenvalue weighted by Gasteiger charge is 2.15. The average molecular weight is 273 g/mol. The number of hydrogen-bond acceptors (Lipinski definition) is 3. The lowest BCUT2D eigenvalue weighted by Gasteiger charge is -2.06. The van der Waals surface area contributed by atoms with Gasteiger partial charge in [-0.25, -0.2) is 0 Å². The lowest BCUT2D eigenvalue weighted by atomic mass is 10.3. The molecule has 0 amide bonds. The summed E-state index contributed by atoms with van der Waals surface area (Å²) in [5.41, 5.74) is 0. The molecule has 17 heavy (non-hydrogen) atoms. The normalized spacial score (nSPS) is 14.4. The lowest BCUT2D eigenvalue weighted by molar-refractivity contribution is 0.486. The third kappa shape index (κ3) is 2.99. The molecule has 0 fully saturated rings. The molecule has 88 valence electrons. The van der Waals surface area contributed by atoms with E-state index in [1.165, 1.54) is 24.3 Å². The molecule has 5 heteroatoms. The van der Waals surface area contributed by atoms with Crippen LogP contribution in [0.15, 0.2) is 59.4 Å². The van der Waals surface area contributed by atoms with E-state index < -0.39 is 45.1 Å². The number of benzene rings is 2. The van der Waals surface area contributed by atoms with Crippen LogP contribution >= 0.6 is 11.6 Å². The van der Waals surface area contributed by atoms with E-state index in [0.29, 0.717) is 0 Å². The van der Waals surface area contributed by atoms with Crippen molar-refractivity contribution in [3.8, 4) is 5.75 Å². The molecule has 0 heterocycles. The topological polar surface area (TPSA) is 43.4 Å². The minimum Gasteiger partial charge on any atom is -0.379 e. The minimum atomic E-state index is -4.25. The van der Waals surface area contributed by atoms with Crippen LogP contribution in [0.2, 0.25) is 5.02 Å². The predicted molar refractivity (Wildman–Crippen MR) is 65.7 cm³/mol. The van der Waals surface area contributed by atoms with Gasteiger partial charge in [0, 0.05) is 5.02 Å². The molecule has 2 aromatic carbocycles. The summed E-state index contributed by atoms with van der Waals surface area (Å²) >= 11 is 5.63. The van der Waals surface area contributed by atoms with Gasteiger partial charge in [0.1, 0.15) is 10.6 Å². The van der Waals surface area contributed by atoms with Gasteiger partial charge in [0.05, 0.1) is 5.48 Å². The Kier molecular flexibility index (Phi) is 2.17. The van der Waals surface area contributed by atoms with Crippen molar-refractivity contribution in [3.63, 3.8) is 0 Å². The maximum absolute atomic E-state index is 12.1. The van der Waals surface area contributed by atoms with Gasteiger partial charge in [0.2, 0.25) is 0 Å². The summed E-state index contributed by atoms with van der Waals surface area (Å²) < 4.78 is 59.3. The third-order valence-corrected chi connectivity index (χ3v) is 3.22. The second-order valence-electron chi connectivity index (χ2n) is 2.99. The van der Waals surface area contributed by atoms with E-state index in [4.69, 9.17) is 21.3 Å². The van der Waals surface area contributed by atoms with Crippen LogP contribution in [0.25, 0.3) is 0 Å². The van der Waals surface area contributed by atoms with Crippen molar-refractivity contribution in [3.05, 3.63) is 59.5 Å². The Morgan fingerprint density at radius 2 is 1.65 bits per heavy atom. The SMILES string of the molecule is [2H]c1c([2H])c(OS(=O)(=O)c2ccccc2)c([2H])c([2H])c1Cl. The summed E-state index contributed by atoms with van der Waals surface area (Å²) in [5, 5.41) is -0.394. The first kappa shape index (κ1) is 7.74. The van der Waals surface area contributed by atoms with Crippen molar-refractivity contribution in [2.24, 2.45) is 0 Å². The van der Waals surface area contributed by atoms with Gasteiger partial charge in [0.25, 0.3) is 0 Å². The van der Waals surface area contributed by atoms with E-state index in [-0.39, 0.29) is 4.90 Å². The van der Waals surface area contributed by atoms with Gasteiger partial charge in [-0.2, -0.15) is 8.42 Å². The molecular formula is C12H9ClO3S. The van der Waals surface area contributed by atoms with Crippen LogP contribution in [0.5, 0.6) is 5.75 Å². The van der Waals surface area contributed by atoms with Gasteiger partial charge in [-0.15, -0.1) is 0 Å². The summed E-state index contributed by atoms with van der Waals surface area (Å²) in [5.74, 6) is -0.682. The van der Waals surface area contributed by atoms with E-state index in [1.807, 2.05) is 0 Å². The summed E-state index contributed by atoms with van der Waals surface area (Å²) in [7, 11) is -4.25. The molecule has 0 spiro atoms. The lowest BCUT2D eigenvalue weighted by Crippen LogP contribution is -2.09. The van der Waals surface area contributed by atoms with E-state index >= 15 is 0 Å². The van der Waals surface area contributed by atoms with Crippen LogP contribution in [0.1, 0.15) is 5.48 Å². The molecule has 2 rings (SSSR count). The molecule has 0 radical (unpaired) electrons. The summed E-state index contributed by atoms with van der Waals surface area (Å²) in [6, 6.07) is 4.77. The highest BCUT2D eigenvalue weighted by molar-refractivity contribution is 7.87. The number of rotatable bonds is 3. The molecule has 0 atom stereocenters. The van der Waals surface area contributed by atoms with E-state index in [2.05, 4.69) is 0 Å². The van der Waals surface area contributed by atoms with E-state index in [0.717, 1.165) is 0 Å². The molecule has 0 N–H and O–H groups in total. The van der Waals surface area contributed by atoms with E-state index in [1.54, 1.807) is 6.07 Å². The maximum Gasteiger partial charge on any atom is 0.339 e. The fourth-order valence-corrected chi connectivity index (χ4v) is 2.06. The van der Waals surface area contributed by atoms with Gasteiger partial charge in [0.15, 0.2) is 0 Å². The molecule has 0 aliphatic rings. The van der Waals surface area contributed by atoms with Crippen LogP contribution in [0, 0.1) is 0 Å². The third-order valence-electron chi connectivity index (χ3n) is 1.80. The largest absolute Gasteiger partial charge is 0.379 e. The molecule has 2 aromatic rings. The zero-order valence-electron chi connectivity index (χ0n) is 12.4. The van der Waals surface area contributed by atoms with Gasteiger partial charge in [-0.3, -0.25) is 0 Å². The van der Waals surface area contributed by atoms with Crippen molar-refractivity contribution in [2.75, 3.05) is 0 Å². The molecule has 3 nitrogen and oxygen atoms in total. The van der Waals surface area contributed by atoms with Crippen LogP contribution < -0.4 is 4.18 Å². The second-order valence-corrected chi connectivity index (χ2v) is 4.92. The van der Waals surface area contributed by atoms with Crippen LogP contribution in [0.3, 0.4) is 0 Å². The highest BCUT2D eigenvalue weighted by atomic mass is 35.5. The predicted octanol–water partition coefficient (Wildman–Crippen LogP) is 3.11. The number of hydrogen-bond donors (Lipinski definition) is 0. The Bertz CT molecular complexity index is 765. The van der Waals surface area contributed by atoms with Crippen molar-refractivity contribution < 1.29 is 18.1 Å². The van der Waals surface area contributed by atoms with Crippen LogP contribution in [-0.4, -0.2) is 8.42 Å². The summed E-state index contributed by atoms with van der Waals surface area (Å²) in [4.78, 5) is -0.156. The smallest absolute Gasteiger partial charge is 0.339 e. The van der Waals surface area contributed by atoms with E-state index in [9.17, 15) is 8.42 Å². The van der Waals surface area contributed by atoms with Crippen molar-refractivity contribution >= 4 is 21.7 Å². The zero-order valence-corrected chi connectivity index (χ0v) is 9.97. The monoisotopic (exact) mass is 272 g/mol. The summed E-state index contributed by atoms with van der Waals surface area (Å²) in [6.45, 7) is 0. The Balaban J connectivity index is 2.55. The molecule has 0 saturated heterocycles. The zero-order chi connectivity index (χ0) is 15.8. The van der Waals surface area contributed by atoms with Gasteiger partial charge in [-0.1, -0.05) is 29.8 Å². The molecule has 0 bridgehead atoms. The molecular weight excluding hydrogens is 260 g/mol. The Labute approximate surface area is 110 Å². The van der Waals surface area contributed by atoms with Gasteiger partial charge < -0.3 is 4.18 Å². The quantitative estimate of drug-likeness (QED) is 0.807. The van der Waals surface area contributed by atoms with Crippen molar-refractivity contribution in [1.82, 2.24) is 0 Å². The number of halogens is 1. The molecule has 0 saturated carbocycles. The summed E-state index contributed by atoms with van der Waals surface area (Å²) in [6.07, 6.45) is 0. The Hall–Kier alpha value is -1.52. The first-order valence-electron chi connectivity index (χ1n) is 6.51. The first-order chi connectivity index (χ1) is 9.75.